The Morgan fingerprint density at radius 2 is 2.07 bits per heavy atom. The van der Waals surface area contributed by atoms with Gasteiger partial charge in [0, 0.05) is 36.9 Å². The molecular formula is C22H33ClN4O. The largest absolute Gasteiger partial charge is 0.379 e. The van der Waals surface area contributed by atoms with Crippen LogP contribution in [0.25, 0.3) is 5.69 Å². The van der Waals surface area contributed by atoms with Gasteiger partial charge in [-0.1, -0.05) is 38.5 Å². The van der Waals surface area contributed by atoms with Crippen LogP contribution in [0.4, 0.5) is 0 Å². The number of ether oxygens (including phenoxy) is 1. The second-order valence-corrected chi connectivity index (χ2v) is 8.19. The molecule has 6 heteroatoms. The number of nitrogens with one attached hydrogen (secondary N) is 2. The standard InChI is InChI=1S/C22H32N4O.ClH/c1-16(2)22-17(14-26(25-22)18-7-4-3-5-8-18)13-24-20-10-6-9-19(20)21-15-27-12-11-23-21;/h3-5,7-8,14,16,19-21,23-24H,6,9-13,15H2,1-2H3;1H. The molecule has 3 unspecified atom stereocenters. The van der Waals surface area contributed by atoms with Crippen molar-refractivity contribution in [2.45, 2.75) is 57.7 Å². The van der Waals surface area contributed by atoms with Gasteiger partial charge in [0.05, 0.1) is 24.6 Å². The average molecular weight is 405 g/mol. The zero-order chi connectivity index (χ0) is 18.6. The number of morpholine rings is 1. The van der Waals surface area contributed by atoms with Gasteiger partial charge in [0.25, 0.3) is 0 Å². The molecule has 1 aromatic carbocycles. The van der Waals surface area contributed by atoms with Gasteiger partial charge in [-0.25, -0.2) is 4.68 Å². The monoisotopic (exact) mass is 404 g/mol. The number of benzene rings is 1. The van der Waals surface area contributed by atoms with Gasteiger partial charge < -0.3 is 15.4 Å². The Kier molecular flexibility index (Phi) is 7.52. The molecule has 1 saturated carbocycles. The van der Waals surface area contributed by atoms with Crippen molar-refractivity contribution < 1.29 is 4.74 Å². The highest BCUT2D eigenvalue weighted by Gasteiger charge is 2.34. The maximum absolute atomic E-state index is 5.70. The molecule has 2 aliphatic rings. The lowest BCUT2D eigenvalue weighted by atomic mass is 9.93. The third kappa shape index (κ3) is 4.77. The zero-order valence-electron chi connectivity index (χ0n) is 16.9. The van der Waals surface area contributed by atoms with Gasteiger partial charge in [-0.05, 0) is 36.8 Å². The number of rotatable bonds is 6. The van der Waals surface area contributed by atoms with Gasteiger partial charge in [-0.3, -0.25) is 0 Å². The fourth-order valence-electron chi connectivity index (χ4n) is 4.58. The summed E-state index contributed by atoms with van der Waals surface area (Å²) in [7, 11) is 0. The van der Waals surface area contributed by atoms with Gasteiger partial charge in [0.2, 0.25) is 0 Å². The number of aromatic nitrogens is 2. The molecule has 0 bridgehead atoms. The summed E-state index contributed by atoms with van der Waals surface area (Å²) >= 11 is 0. The Morgan fingerprint density at radius 1 is 1.25 bits per heavy atom. The molecule has 1 aliphatic heterocycles. The van der Waals surface area contributed by atoms with Crippen LogP contribution in [0.3, 0.4) is 0 Å². The van der Waals surface area contributed by atoms with Crippen LogP contribution in [0, 0.1) is 5.92 Å². The van der Waals surface area contributed by atoms with Gasteiger partial charge in [-0.2, -0.15) is 5.10 Å². The number of nitrogens with zero attached hydrogens (tertiary/aromatic N) is 2. The first-order valence-corrected chi connectivity index (χ1v) is 10.4. The van der Waals surface area contributed by atoms with Crippen molar-refractivity contribution in [3.05, 3.63) is 47.8 Å². The van der Waals surface area contributed by atoms with E-state index in [1.54, 1.807) is 0 Å². The van der Waals surface area contributed by atoms with Crippen molar-refractivity contribution >= 4 is 12.4 Å². The fraction of sp³-hybridized carbons (Fsp3) is 0.591. The predicted molar refractivity (Wildman–Crippen MR) is 115 cm³/mol. The van der Waals surface area contributed by atoms with Gasteiger partial charge in [0.1, 0.15) is 0 Å². The van der Waals surface area contributed by atoms with E-state index in [-0.39, 0.29) is 12.4 Å². The minimum atomic E-state index is 0. The number of para-hydroxylation sites is 1. The fourth-order valence-corrected chi connectivity index (χ4v) is 4.58. The maximum atomic E-state index is 5.70. The molecule has 5 nitrogen and oxygen atoms in total. The van der Waals surface area contributed by atoms with E-state index in [0.29, 0.717) is 23.9 Å². The smallest absolute Gasteiger partial charge is 0.0699 e. The second kappa shape index (κ2) is 9.88. The first-order valence-electron chi connectivity index (χ1n) is 10.4. The second-order valence-electron chi connectivity index (χ2n) is 8.19. The molecule has 1 aromatic heterocycles. The van der Waals surface area contributed by atoms with E-state index in [9.17, 15) is 0 Å². The number of halogens is 1. The Balaban J connectivity index is 0.00000225. The molecule has 0 radical (unpaired) electrons. The molecule has 2 N–H and O–H groups in total. The summed E-state index contributed by atoms with van der Waals surface area (Å²) in [5.74, 6) is 1.08. The maximum Gasteiger partial charge on any atom is 0.0699 e. The molecule has 2 fully saturated rings. The molecule has 4 rings (SSSR count). The normalized spacial score (nSPS) is 25.0. The molecule has 1 aliphatic carbocycles. The zero-order valence-corrected chi connectivity index (χ0v) is 17.8. The summed E-state index contributed by atoms with van der Waals surface area (Å²) in [5.41, 5.74) is 3.63. The van der Waals surface area contributed by atoms with E-state index in [1.807, 2.05) is 10.7 Å². The van der Waals surface area contributed by atoms with Crippen LogP contribution >= 0.6 is 12.4 Å². The highest BCUT2D eigenvalue weighted by atomic mass is 35.5. The van der Waals surface area contributed by atoms with Crippen molar-refractivity contribution in [2.75, 3.05) is 19.8 Å². The summed E-state index contributed by atoms with van der Waals surface area (Å²) < 4.78 is 7.73. The Hall–Kier alpha value is -1.40. The Labute approximate surface area is 174 Å². The molecule has 3 atom stereocenters. The molecular weight excluding hydrogens is 372 g/mol. The van der Waals surface area contributed by atoms with Crippen molar-refractivity contribution in [2.24, 2.45) is 5.92 Å². The van der Waals surface area contributed by atoms with Crippen LogP contribution in [-0.2, 0) is 11.3 Å². The summed E-state index contributed by atoms with van der Waals surface area (Å²) in [5, 5.41) is 12.4. The van der Waals surface area contributed by atoms with E-state index in [0.717, 1.165) is 32.0 Å². The molecule has 2 heterocycles. The number of hydrogen-bond donors (Lipinski definition) is 2. The van der Waals surface area contributed by atoms with E-state index in [2.05, 4.69) is 54.9 Å². The predicted octanol–water partition coefficient (Wildman–Crippen LogP) is 3.66. The van der Waals surface area contributed by atoms with Crippen LogP contribution in [0.15, 0.2) is 36.5 Å². The molecule has 0 spiro atoms. The average Bonchev–Trinajstić information content (AvgIpc) is 3.35. The SMILES string of the molecule is CC(C)c1nn(-c2ccccc2)cc1CNC1CCCC1C1COCCN1.Cl. The topological polar surface area (TPSA) is 51.1 Å². The van der Waals surface area contributed by atoms with Crippen LogP contribution in [0.5, 0.6) is 0 Å². The van der Waals surface area contributed by atoms with E-state index >= 15 is 0 Å². The van der Waals surface area contributed by atoms with Crippen molar-refractivity contribution in [3.63, 3.8) is 0 Å². The molecule has 2 aromatic rings. The van der Waals surface area contributed by atoms with Crippen LogP contribution in [0.2, 0.25) is 0 Å². The summed E-state index contributed by atoms with van der Waals surface area (Å²) in [6, 6.07) is 11.4. The lowest BCUT2D eigenvalue weighted by molar-refractivity contribution is 0.0524. The summed E-state index contributed by atoms with van der Waals surface area (Å²) in [6.07, 6.45) is 6.05. The minimum absolute atomic E-state index is 0. The first kappa shape index (κ1) is 21.3. The first-order chi connectivity index (χ1) is 13.2. The number of hydrogen-bond acceptors (Lipinski definition) is 4. The molecule has 28 heavy (non-hydrogen) atoms. The molecule has 1 saturated heterocycles. The quantitative estimate of drug-likeness (QED) is 0.771. The van der Waals surface area contributed by atoms with Gasteiger partial charge in [-0.15, -0.1) is 12.4 Å². The molecule has 154 valence electrons. The van der Waals surface area contributed by atoms with E-state index in [4.69, 9.17) is 9.84 Å². The highest BCUT2D eigenvalue weighted by Crippen LogP contribution is 2.30. The third-order valence-corrected chi connectivity index (χ3v) is 5.98. The minimum Gasteiger partial charge on any atom is -0.379 e. The van der Waals surface area contributed by atoms with E-state index in [1.165, 1.54) is 30.5 Å². The van der Waals surface area contributed by atoms with Crippen molar-refractivity contribution in [1.29, 1.82) is 0 Å². The van der Waals surface area contributed by atoms with Crippen LogP contribution in [-0.4, -0.2) is 41.6 Å². The third-order valence-electron chi connectivity index (χ3n) is 5.98. The Morgan fingerprint density at radius 3 is 2.79 bits per heavy atom. The summed E-state index contributed by atoms with van der Waals surface area (Å²) in [4.78, 5) is 0. The van der Waals surface area contributed by atoms with Gasteiger partial charge >= 0.3 is 0 Å². The van der Waals surface area contributed by atoms with E-state index < -0.39 is 0 Å². The lowest BCUT2D eigenvalue weighted by Gasteiger charge is -2.33. The van der Waals surface area contributed by atoms with Crippen LogP contribution < -0.4 is 10.6 Å². The summed E-state index contributed by atoms with van der Waals surface area (Å²) in [6.45, 7) is 8.01. The highest BCUT2D eigenvalue weighted by molar-refractivity contribution is 5.85. The van der Waals surface area contributed by atoms with Crippen molar-refractivity contribution in [3.8, 4) is 5.69 Å². The lowest BCUT2D eigenvalue weighted by Crippen LogP contribution is -2.50. The van der Waals surface area contributed by atoms with Crippen molar-refractivity contribution in [1.82, 2.24) is 20.4 Å². The molecule has 0 amide bonds. The Bertz CT molecular complexity index is 727. The van der Waals surface area contributed by atoms with Gasteiger partial charge in [0.15, 0.2) is 0 Å². The van der Waals surface area contributed by atoms with Crippen LogP contribution in [0.1, 0.15) is 50.3 Å².